The molecule has 1 aliphatic heterocycles. The van der Waals surface area contributed by atoms with Gasteiger partial charge in [0.15, 0.2) is 10.8 Å². The topological polar surface area (TPSA) is 92.4 Å². The molecule has 11 heteroatoms. The first kappa shape index (κ1) is 21.1. The molecule has 34 heavy (non-hydrogen) atoms. The van der Waals surface area contributed by atoms with Crippen LogP contribution in [0.25, 0.3) is 15.9 Å². The highest BCUT2D eigenvalue weighted by Gasteiger charge is 2.19. The highest BCUT2D eigenvalue weighted by atomic mass is 32.2. The molecule has 0 unspecified atom stereocenters. The second-order valence-electron chi connectivity index (χ2n) is 8.24. The van der Waals surface area contributed by atoms with Crippen LogP contribution in [0, 0.1) is 0 Å². The monoisotopic (exact) mass is 490 g/mol. The van der Waals surface area contributed by atoms with Crippen molar-refractivity contribution < 1.29 is 4.79 Å². The lowest BCUT2D eigenvalue weighted by molar-refractivity contribution is 0.102. The number of imidazole rings is 1. The number of nitrogens with zero attached hydrogens (tertiary/aromatic N) is 6. The number of anilines is 2. The molecule has 6 rings (SSSR count). The minimum atomic E-state index is -0.233. The Morgan fingerprint density at radius 2 is 2.09 bits per heavy atom. The van der Waals surface area contributed by atoms with Gasteiger partial charge in [-0.25, -0.2) is 9.97 Å². The van der Waals surface area contributed by atoms with Crippen molar-refractivity contribution >= 4 is 55.9 Å². The summed E-state index contributed by atoms with van der Waals surface area (Å²) in [5.41, 5.74) is 4.18. The third-order valence-corrected chi connectivity index (χ3v) is 7.34. The molecule has 172 valence electrons. The van der Waals surface area contributed by atoms with E-state index in [1.807, 2.05) is 63.9 Å². The molecule has 0 bridgehead atoms. The predicted octanol–water partition coefficient (Wildman–Crippen LogP) is 4.35. The number of hydrogen-bond acceptors (Lipinski definition) is 8. The molecule has 1 aliphatic rings. The van der Waals surface area contributed by atoms with E-state index in [0.29, 0.717) is 10.8 Å². The van der Waals surface area contributed by atoms with E-state index in [0.717, 1.165) is 58.3 Å². The maximum absolute atomic E-state index is 12.8. The van der Waals surface area contributed by atoms with Crippen LogP contribution in [-0.4, -0.2) is 48.5 Å². The Bertz CT molecular complexity index is 1470. The Morgan fingerprint density at radius 3 is 3.00 bits per heavy atom. The third kappa shape index (κ3) is 4.25. The summed E-state index contributed by atoms with van der Waals surface area (Å²) in [5.74, 6) is -0.233. The average Bonchev–Trinajstić information content (AvgIpc) is 3.51. The molecule has 1 amide bonds. The summed E-state index contributed by atoms with van der Waals surface area (Å²) in [6, 6.07) is 13.7. The lowest BCUT2D eigenvalue weighted by atomic mass is 10.3. The van der Waals surface area contributed by atoms with Crippen molar-refractivity contribution in [2.75, 3.05) is 23.6 Å². The molecule has 4 aromatic heterocycles. The highest BCUT2D eigenvalue weighted by molar-refractivity contribution is 8.00. The van der Waals surface area contributed by atoms with Crippen molar-refractivity contribution in [2.24, 2.45) is 0 Å². The van der Waals surface area contributed by atoms with Gasteiger partial charge in [-0.05, 0) is 49.9 Å². The Hall–Kier alpha value is -3.41. The fourth-order valence-electron chi connectivity index (χ4n) is 4.01. The van der Waals surface area contributed by atoms with Gasteiger partial charge in [0.1, 0.15) is 10.7 Å². The summed E-state index contributed by atoms with van der Waals surface area (Å²) in [5, 5.41) is 8.87. The van der Waals surface area contributed by atoms with E-state index in [2.05, 4.69) is 37.1 Å². The second kappa shape index (κ2) is 8.75. The van der Waals surface area contributed by atoms with Crippen LogP contribution < -0.4 is 10.0 Å². The van der Waals surface area contributed by atoms with Crippen LogP contribution in [0.15, 0.2) is 59.9 Å². The van der Waals surface area contributed by atoms with Gasteiger partial charge in [0.05, 0.1) is 15.9 Å². The van der Waals surface area contributed by atoms with Crippen LogP contribution >= 0.6 is 23.3 Å². The molecule has 2 N–H and O–H groups in total. The number of benzene rings is 1. The molecular formula is C23H22N8OS2. The van der Waals surface area contributed by atoms with Crippen LogP contribution in [0.3, 0.4) is 0 Å². The lowest BCUT2D eigenvalue weighted by Gasteiger charge is -2.10. The number of rotatable bonds is 5. The first-order valence-corrected chi connectivity index (χ1v) is 12.6. The minimum Gasteiger partial charge on any atom is -0.324 e. The number of carbonyl (C=O) groups excluding carboxylic acids is 1. The predicted molar refractivity (Wildman–Crippen MR) is 135 cm³/mol. The van der Waals surface area contributed by atoms with Gasteiger partial charge in [-0.3, -0.25) is 14.8 Å². The Labute approximate surface area is 203 Å². The van der Waals surface area contributed by atoms with Crippen molar-refractivity contribution in [2.45, 2.75) is 24.5 Å². The fourth-order valence-corrected chi connectivity index (χ4v) is 5.56. The first-order chi connectivity index (χ1) is 16.6. The van der Waals surface area contributed by atoms with Crippen LogP contribution in [0.1, 0.15) is 22.6 Å². The standard InChI is InChI=1S/C23H22N8OS2/c1-29-8-4-10-31-16(13-29)12-18(27-31)22(32)26-23-24-17-7-6-15(11-19(17)33-23)28-34-21-14-30-9-3-2-5-20(30)25-21/h2-3,5-7,9,11-12,14,28H,4,8,10,13H2,1H3,(H,24,26,32). The number of amides is 1. The van der Waals surface area contributed by atoms with Crippen molar-refractivity contribution in [3.05, 3.63) is 66.2 Å². The number of pyridine rings is 1. The normalized spacial score (nSPS) is 14.3. The summed E-state index contributed by atoms with van der Waals surface area (Å²) in [6.45, 7) is 2.66. The molecule has 0 saturated heterocycles. The van der Waals surface area contributed by atoms with E-state index >= 15 is 0 Å². The summed E-state index contributed by atoms with van der Waals surface area (Å²) >= 11 is 2.90. The van der Waals surface area contributed by atoms with Gasteiger partial charge in [-0.15, -0.1) is 0 Å². The second-order valence-corrected chi connectivity index (χ2v) is 10.1. The number of thiazole rings is 1. The Kier molecular flexibility index (Phi) is 5.44. The molecule has 1 aromatic carbocycles. The maximum Gasteiger partial charge on any atom is 0.277 e. The van der Waals surface area contributed by atoms with Crippen LogP contribution in [0.4, 0.5) is 10.8 Å². The SMILES string of the molecule is CN1CCCn2nc(C(=O)Nc3nc4ccc(NSc5cn6ccccc6n5)cc4s3)cc2C1. The van der Waals surface area contributed by atoms with Gasteiger partial charge in [0, 0.05) is 49.7 Å². The minimum absolute atomic E-state index is 0.233. The van der Waals surface area contributed by atoms with Crippen LogP contribution in [0.5, 0.6) is 0 Å². The van der Waals surface area contributed by atoms with E-state index in [9.17, 15) is 4.79 Å². The number of aromatic nitrogens is 5. The zero-order valence-electron chi connectivity index (χ0n) is 18.4. The summed E-state index contributed by atoms with van der Waals surface area (Å²) in [7, 11) is 2.09. The average molecular weight is 491 g/mol. The third-order valence-electron chi connectivity index (χ3n) is 5.66. The van der Waals surface area contributed by atoms with Crippen LogP contribution in [-0.2, 0) is 13.1 Å². The largest absolute Gasteiger partial charge is 0.324 e. The quantitative estimate of drug-likeness (QED) is 0.354. The molecule has 9 nitrogen and oxygen atoms in total. The van der Waals surface area contributed by atoms with Crippen molar-refractivity contribution in [1.29, 1.82) is 0 Å². The highest BCUT2D eigenvalue weighted by Crippen LogP contribution is 2.30. The van der Waals surface area contributed by atoms with Gasteiger partial charge in [-0.2, -0.15) is 5.10 Å². The maximum atomic E-state index is 12.8. The van der Waals surface area contributed by atoms with Crippen LogP contribution in [0.2, 0.25) is 0 Å². The zero-order chi connectivity index (χ0) is 23.1. The number of nitrogens with one attached hydrogen (secondary N) is 2. The van der Waals surface area contributed by atoms with E-state index in [-0.39, 0.29) is 5.91 Å². The van der Waals surface area contributed by atoms with Crippen molar-refractivity contribution in [1.82, 2.24) is 29.0 Å². The summed E-state index contributed by atoms with van der Waals surface area (Å²) in [6.07, 6.45) is 4.99. The molecular weight excluding hydrogens is 468 g/mol. The first-order valence-electron chi connectivity index (χ1n) is 10.9. The van der Waals surface area contributed by atoms with Gasteiger partial charge in [0.25, 0.3) is 5.91 Å². The molecule has 0 atom stereocenters. The van der Waals surface area contributed by atoms with E-state index < -0.39 is 0 Å². The molecule has 0 aliphatic carbocycles. The summed E-state index contributed by atoms with van der Waals surface area (Å²) < 4.78 is 8.25. The Balaban J connectivity index is 1.15. The zero-order valence-corrected chi connectivity index (χ0v) is 20.1. The number of carbonyl (C=O) groups is 1. The summed E-state index contributed by atoms with van der Waals surface area (Å²) in [4.78, 5) is 24.2. The number of hydrogen-bond donors (Lipinski definition) is 2. The number of aryl methyl sites for hydroxylation is 1. The smallest absolute Gasteiger partial charge is 0.277 e. The van der Waals surface area contributed by atoms with E-state index in [1.165, 1.54) is 23.3 Å². The van der Waals surface area contributed by atoms with Crippen molar-refractivity contribution in [3.8, 4) is 0 Å². The van der Waals surface area contributed by atoms with Crippen molar-refractivity contribution in [3.63, 3.8) is 0 Å². The molecule has 0 fully saturated rings. The van der Waals surface area contributed by atoms with Gasteiger partial charge < -0.3 is 14.0 Å². The van der Waals surface area contributed by atoms with E-state index in [1.54, 1.807) is 0 Å². The van der Waals surface area contributed by atoms with Gasteiger partial charge in [-0.1, -0.05) is 17.4 Å². The van der Waals surface area contributed by atoms with Gasteiger partial charge >= 0.3 is 0 Å². The fraction of sp³-hybridized carbons (Fsp3) is 0.217. The molecule has 0 radical (unpaired) electrons. The Morgan fingerprint density at radius 1 is 1.15 bits per heavy atom. The van der Waals surface area contributed by atoms with Gasteiger partial charge in [0.2, 0.25) is 0 Å². The molecule has 0 spiro atoms. The lowest BCUT2D eigenvalue weighted by Crippen LogP contribution is -2.17. The molecule has 5 heterocycles. The van der Waals surface area contributed by atoms with E-state index in [4.69, 9.17) is 0 Å². The molecule has 5 aromatic rings. The molecule has 0 saturated carbocycles. The number of fused-ring (bicyclic) bond motifs is 3.